The molecule has 17 heavy (non-hydrogen) atoms. The lowest BCUT2D eigenvalue weighted by atomic mass is 10.3. The highest BCUT2D eigenvalue weighted by Gasteiger charge is 2.09. The molecule has 0 atom stereocenters. The van der Waals surface area contributed by atoms with E-state index in [1.807, 2.05) is 0 Å². The number of H-pyrrole nitrogens is 1. The van der Waals surface area contributed by atoms with Crippen LogP contribution in [0.4, 0.5) is 0 Å². The fraction of sp³-hybridized carbons (Fsp3) is 0. The molecule has 2 rings (SSSR count). The lowest BCUT2D eigenvalue weighted by Crippen LogP contribution is -2.33. The Morgan fingerprint density at radius 2 is 1.88 bits per heavy atom. The van der Waals surface area contributed by atoms with Crippen LogP contribution in [0, 0.1) is 0 Å². The summed E-state index contributed by atoms with van der Waals surface area (Å²) in [5.74, 6) is 0. The Labute approximate surface area is 117 Å². The summed E-state index contributed by atoms with van der Waals surface area (Å²) in [7, 11) is 0. The summed E-state index contributed by atoms with van der Waals surface area (Å²) < 4.78 is 2.40. The van der Waals surface area contributed by atoms with Crippen molar-refractivity contribution < 1.29 is 0 Å². The van der Waals surface area contributed by atoms with Gasteiger partial charge >= 0.3 is 5.69 Å². The number of benzene rings is 1. The topological polar surface area (TPSA) is 54.9 Å². The molecule has 0 saturated heterocycles. The van der Waals surface area contributed by atoms with Crippen LogP contribution in [-0.4, -0.2) is 9.55 Å². The summed E-state index contributed by atoms with van der Waals surface area (Å²) >= 11 is 12.2. The Balaban J connectivity index is 2.82. The summed E-state index contributed by atoms with van der Waals surface area (Å²) in [6.45, 7) is 0. The number of hydrogen-bond donors (Lipinski definition) is 1. The molecule has 1 N–H and O–H groups in total. The molecule has 88 valence electrons. The fourth-order valence-corrected chi connectivity index (χ4v) is 2.30. The molecule has 0 radical (unpaired) electrons. The minimum atomic E-state index is -0.582. The number of nitrogens with one attached hydrogen (secondary N) is 1. The standard InChI is InChI=1S/C10H5Br2ClN2O2/c11-5-1-2-6(12)7(3-5)15-9(16)4-8(13)14-10(15)17/h1-4H,(H,14,17). The van der Waals surface area contributed by atoms with Gasteiger partial charge in [-0.25, -0.2) is 9.36 Å². The zero-order valence-electron chi connectivity index (χ0n) is 8.21. The Morgan fingerprint density at radius 1 is 1.18 bits per heavy atom. The third-order valence-electron chi connectivity index (χ3n) is 2.05. The maximum absolute atomic E-state index is 11.7. The predicted molar refractivity (Wildman–Crippen MR) is 73.1 cm³/mol. The molecule has 0 fully saturated rings. The van der Waals surface area contributed by atoms with Crippen molar-refractivity contribution in [2.24, 2.45) is 0 Å². The largest absolute Gasteiger partial charge is 0.334 e. The first-order valence-corrected chi connectivity index (χ1v) is 6.43. The Bertz CT molecular complexity index is 662. The highest BCUT2D eigenvalue weighted by molar-refractivity contribution is 9.11. The van der Waals surface area contributed by atoms with Gasteiger partial charge in [-0.2, -0.15) is 0 Å². The molecule has 0 aliphatic rings. The number of halogens is 3. The summed E-state index contributed by atoms with van der Waals surface area (Å²) in [6, 6.07) is 6.34. The van der Waals surface area contributed by atoms with Crippen LogP contribution in [0.15, 0.2) is 42.8 Å². The Morgan fingerprint density at radius 3 is 2.53 bits per heavy atom. The number of nitrogens with zero attached hydrogens (tertiary/aromatic N) is 1. The number of aromatic nitrogens is 2. The van der Waals surface area contributed by atoms with Gasteiger partial charge in [-0.3, -0.25) is 9.78 Å². The lowest BCUT2D eigenvalue weighted by molar-refractivity contribution is 0.871. The van der Waals surface area contributed by atoms with Gasteiger partial charge in [0.2, 0.25) is 0 Å². The van der Waals surface area contributed by atoms with Gasteiger partial charge in [0.05, 0.1) is 5.69 Å². The Kier molecular flexibility index (Phi) is 3.56. The maximum atomic E-state index is 11.7. The summed E-state index contributed by atoms with van der Waals surface area (Å²) in [5.41, 5.74) is -0.624. The van der Waals surface area contributed by atoms with Gasteiger partial charge in [0.1, 0.15) is 5.15 Å². The minimum absolute atomic E-state index is 0.0161. The van der Waals surface area contributed by atoms with Crippen LogP contribution in [0.3, 0.4) is 0 Å². The number of hydrogen-bond acceptors (Lipinski definition) is 2. The van der Waals surface area contributed by atoms with E-state index in [0.29, 0.717) is 10.2 Å². The molecular formula is C10H5Br2ClN2O2. The second kappa shape index (κ2) is 4.80. The SMILES string of the molecule is O=c1cc(Cl)[nH]c(=O)n1-c1cc(Br)ccc1Br. The van der Waals surface area contributed by atoms with Crippen LogP contribution in [0.1, 0.15) is 0 Å². The number of rotatable bonds is 1. The van der Waals surface area contributed by atoms with E-state index in [0.717, 1.165) is 15.1 Å². The van der Waals surface area contributed by atoms with Gasteiger partial charge in [-0.05, 0) is 34.1 Å². The monoisotopic (exact) mass is 378 g/mol. The maximum Gasteiger partial charge on any atom is 0.334 e. The van der Waals surface area contributed by atoms with Gasteiger partial charge in [-0.15, -0.1) is 0 Å². The molecule has 1 aromatic heterocycles. The van der Waals surface area contributed by atoms with Crippen LogP contribution < -0.4 is 11.2 Å². The molecule has 0 aliphatic heterocycles. The molecule has 4 nitrogen and oxygen atoms in total. The van der Waals surface area contributed by atoms with Crippen molar-refractivity contribution in [1.29, 1.82) is 0 Å². The summed E-state index contributed by atoms with van der Waals surface area (Å²) in [5, 5.41) is 0.0161. The average molecular weight is 380 g/mol. The molecule has 0 bridgehead atoms. The normalized spacial score (nSPS) is 10.5. The predicted octanol–water partition coefficient (Wildman–Crippen LogP) is 2.70. The minimum Gasteiger partial charge on any atom is -0.297 e. The lowest BCUT2D eigenvalue weighted by Gasteiger charge is -2.07. The first-order valence-electron chi connectivity index (χ1n) is 4.46. The molecule has 7 heteroatoms. The van der Waals surface area contributed by atoms with Gasteiger partial charge in [0, 0.05) is 15.0 Å². The van der Waals surface area contributed by atoms with Gasteiger partial charge < -0.3 is 0 Å². The summed E-state index contributed by atoms with van der Waals surface area (Å²) in [6.07, 6.45) is 0. The van der Waals surface area contributed by atoms with Crippen molar-refractivity contribution in [3.8, 4) is 5.69 Å². The van der Waals surface area contributed by atoms with E-state index in [2.05, 4.69) is 36.8 Å². The van der Waals surface area contributed by atoms with Crippen molar-refractivity contribution in [3.05, 3.63) is 59.2 Å². The van der Waals surface area contributed by atoms with Crippen LogP contribution >= 0.6 is 43.5 Å². The number of aromatic amines is 1. The zero-order valence-corrected chi connectivity index (χ0v) is 12.1. The molecule has 0 amide bonds. The third-order valence-corrected chi connectivity index (χ3v) is 3.42. The highest BCUT2D eigenvalue weighted by Crippen LogP contribution is 2.23. The third kappa shape index (κ3) is 2.53. The van der Waals surface area contributed by atoms with Crippen molar-refractivity contribution in [3.63, 3.8) is 0 Å². The van der Waals surface area contributed by atoms with E-state index in [1.54, 1.807) is 18.2 Å². The molecule has 0 aliphatic carbocycles. The van der Waals surface area contributed by atoms with Crippen LogP contribution in [-0.2, 0) is 0 Å². The molecule has 1 heterocycles. The first-order chi connectivity index (χ1) is 7.99. The van der Waals surface area contributed by atoms with E-state index in [1.165, 1.54) is 0 Å². The Hall–Kier alpha value is -0.850. The zero-order chi connectivity index (χ0) is 12.6. The molecule has 2 aromatic rings. The van der Waals surface area contributed by atoms with Gasteiger partial charge in [-0.1, -0.05) is 27.5 Å². The van der Waals surface area contributed by atoms with E-state index in [-0.39, 0.29) is 5.15 Å². The van der Waals surface area contributed by atoms with Crippen LogP contribution in [0.25, 0.3) is 5.69 Å². The van der Waals surface area contributed by atoms with E-state index in [4.69, 9.17) is 11.6 Å². The van der Waals surface area contributed by atoms with Crippen molar-refractivity contribution in [1.82, 2.24) is 9.55 Å². The fourth-order valence-electron chi connectivity index (χ4n) is 1.35. The smallest absolute Gasteiger partial charge is 0.297 e. The average Bonchev–Trinajstić information content (AvgIpc) is 2.21. The highest BCUT2D eigenvalue weighted by atomic mass is 79.9. The molecular weight excluding hydrogens is 375 g/mol. The second-order valence-corrected chi connectivity index (χ2v) is 5.37. The van der Waals surface area contributed by atoms with Gasteiger partial charge in [0.15, 0.2) is 0 Å². The van der Waals surface area contributed by atoms with Gasteiger partial charge in [0.25, 0.3) is 5.56 Å². The molecule has 0 unspecified atom stereocenters. The van der Waals surface area contributed by atoms with Crippen LogP contribution in [0.5, 0.6) is 0 Å². The summed E-state index contributed by atoms with van der Waals surface area (Å²) in [4.78, 5) is 25.8. The van der Waals surface area contributed by atoms with E-state index < -0.39 is 11.2 Å². The van der Waals surface area contributed by atoms with E-state index in [9.17, 15) is 9.59 Å². The van der Waals surface area contributed by atoms with Crippen LogP contribution in [0.2, 0.25) is 5.15 Å². The van der Waals surface area contributed by atoms with Crippen molar-refractivity contribution in [2.45, 2.75) is 0 Å². The quantitative estimate of drug-likeness (QED) is 0.774. The van der Waals surface area contributed by atoms with E-state index >= 15 is 0 Å². The molecule has 0 saturated carbocycles. The van der Waals surface area contributed by atoms with Crippen molar-refractivity contribution in [2.75, 3.05) is 0 Å². The molecule has 0 spiro atoms. The second-order valence-electron chi connectivity index (χ2n) is 3.19. The van der Waals surface area contributed by atoms with Crippen molar-refractivity contribution >= 4 is 43.5 Å². The first kappa shape index (κ1) is 12.6. The molecule has 1 aromatic carbocycles.